The number of amides is 1. The zero-order chi connectivity index (χ0) is 20.2. The van der Waals surface area contributed by atoms with Crippen LogP contribution in [0.2, 0.25) is 0 Å². The summed E-state index contributed by atoms with van der Waals surface area (Å²) >= 11 is 0. The van der Waals surface area contributed by atoms with Gasteiger partial charge in [0.1, 0.15) is 11.6 Å². The van der Waals surface area contributed by atoms with Crippen LogP contribution in [0.5, 0.6) is 5.75 Å². The van der Waals surface area contributed by atoms with Crippen molar-refractivity contribution >= 4 is 11.6 Å². The Bertz CT molecular complexity index is 1140. The SMILES string of the molecule is COc1ccc(-c2ccc3nnc(CNC(=O)Cc4ccc(F)cc4)n3n2)cc1. The molecule has 0 atom stereocenters. The van der Waals surface area contributed by atoms with Crippen LogP contribution in [-0.4, -0.2) is 32.8 Å². The Morgan fingerprint density at radius 3 is 2.52 bits per heavy atom. The van der Waals surface area contributed by atoms with Crippen molar-refractivity contribution in [1.29, 1.82) is 0 Å². The van der Waals surface area contributed by atoms with Crippen LogP contribution in [0, 0.1) is 5.82 Å². The van der Waals surface area contributed by atoms with E-state index in [9.17, 15) is 9.18 Å². The lowest BCUT2D eigenvalue weighted by Crippen LogP contribution is -2.25. The molecule has 0 aliphatic rings. The fraction of sp³-hybridized carbons (Fsp3) is 0.143. The number of carbonyl (C=O) groups is 1. The monoisotopic (exact) mass is 391 g/mol. The van der Waals surface area contributed by atoms with Crippen molar-refractivity contribution in [1.82, 2.24) is 25.1 Å². The van der Waals surface area contributed by atoms with Crippen LogP contribution in [0.25, 0.3) is 16.9 Å². The largest absolute Gasteiger partial charge is 0.497 e. The lowest BCUT2D eigenvalue weighted by atomic mass is 10.1. The fourth-order valence-corrected chi connectivity index (χ4v) is 2.89. The first-order chi connectivity index (χ1) is 14.1. The third kappa shape index (κ3) is 4.21. The topological polar surface area (TPSA) is 81.4 Å². The molecule has 2 aromatic carbocycles. The third-order valence-corrected chi connectivity index (χ3v) is 4.43. The summed E-state index contributed by atoms with van der Waals surface area (Å²) in [5.74, 6) is 0.758. The predicted octanol–water partition coefficient (Wildman–Crippen LogP) is 2.80. The molecule has 0 spiro atoms. The second-order valence-electron chi connectivity index (χ2n) is 6.41. The minimum atomic E-state index is -0.331. The molecule has 2 aromatic heterocycles. The van der Waals surface area contributed by atoms with E-state index in [1.165, 1.54) is 12.1 Å². The highest BCUT2D eigenvalue weighted by molar-refractivity contribution is 5.78. The molecule has 0 bridgehead atoms. The summed E-state index contributed by atoms with van der Waals surface area (Å²) in [7, 11) is 1.62. The molecule has 0 aliphatic carbocycles. The van der Waals surface area contributed by atoms with Crippen LogP contribution in [0.15, 0.2) is 60.7 Å². The molecule has 0 saturated heterocycles. The molecule has 0 radical (unpaired) electrons. The quantitative estimate of drug-likeness (QED) is 0.547. The fourth-order valence-electron chi connectivity index (χ4n) is 2.89. The molecular weight excluding hydrogens is 373 g/mol. The zero-order valence-electron chi connectivity index (χ0n) is 15.7. The number of hydrogen-bond acceptors (Lipinski definition) is 5. The Kier molecular flexibility index (Phi) is 5.15. The molecule has 8 heteroatoms. The molecule has 2 heterocycles. The predicted molar refractivity (Wildman–Crippen MR) is 105 cm³/mol. The molecule has 1 amide bonds. The molecular formula is C21H18FN5O2. The lowest BCUT2D eigenvalue weighted by Gasteiger charge is -2.06. The van der Waals surface area contributed by atoms with Crippen molar-refractivity contribution < 1.29 is 13.9 Å². The Labute approximate surface area is 166 Å². The smallest absolute Gasteiger partial charge is 0.224 e. The van der Waals surface area contributed by atoms with Crippen molar-refractivity contribution in [2.45, 2.75) is 13.0 Å². The number of nitrogens with one attached hydrogen (secondary N) is 1. The number of carbonyl (C=O) groups excluding carboxylic acids is 1. The molecule has 1 N–H and O–H groups in total. The van der Waals surface area contributed by atoms with Gasteiger partial charge in [-0.3, -0.25) is 4.79 Å². The maximum absolute atomic E-state index is 13.0. The Morgan fingerprint density at radius 2 is 1.79 bits per heavy atom. The molecule has 7 nitrogen and oxygen atoms in total. The lowest BCUT2D eigenvalue weighted by molar-refractivity contribution is -0.120. The van der Waals surface area contributed by atoms with Gasteiger partial charge >= 0.3 is 0 Å². The maximum atomic E-state index is 13.0. The third-order valence-electron chi connectivity index (χ3n) is 4.43. The number of aromatic nitrogens is 4. The van der Waals surface area contributed by atoms with Crippen molar-refractivity contribution in [3.63, 3.8) is 0 Å². The van der Waals surface area contributed by atoms with Crippen LogP contribution in [0.1, 0.15) is 11.4 Å². The molecule has 0 saturated carbocycles. The first-order valence-electron chi connectivity index (χ1n) is 8.99. The van der Waals surface area contributed by atoms with E-state index >= 15 is 0 Å². The number of hydrogen-bond donors (Lipinski definition) is 1. The molecule has 29 heavy (non-hydrogen) atoms. The summed E-state index contributed by atoms with van der Waals surface area (Å²) in [6, 6.07) is 17.1. The Morgan fingerprint density at radius 1 is 1.03 bits per heavy atom. The highest BCUT2D eigenvalue weighted by atomic mass is 19.1. The van der Waals surface area contributed by atoms with Gasteiger partial charge in [0.25, 0.3) is 0 Å². The van der Waals surface area contributed by atoms with Gasteiger partial charge in [-0.15, -0.1) is 10.2 Å². The van der Waals surface area contributed by atoms with Crippen LogP contribution >= 0.6 is 0 Å². The first kappa shape index (κ1) is 18.5. The van der Waals surface area contributed by atoms with Crippen LogP contribution in [-0.2, 0) is 17.8 Å². The zero-order valence-corrected chi connectivity index (χ0v) is 15.7. The summed E-state index contributed by atoms with van der Waals surface area (Å²) in [5, 5.41) is 15.6. The summed E-state index contributed by atoms with van der Waals surface area (Å²) in [6.07, 6.45) is 0.154. The van der Waals surface area contributed by atoms with E-state index in [1.54, 1.807) is 23.8 Å². The average Bonchev–Trinajstić information content (AvgIpc) is 3.16. The minimum Gasteiger partial charge on any atom is -0.497 e. The molecule has 0 unspecified atom stereocenters. The van der Waals surface area contributed by atoms with E-state index in [0.29, 0.717) is 11.5 Å². The number of fused-ring (bicyclic) bond motifs is 1. The van der Waals surface area contributed by atoms with E-state index in [-0.39, 0.29) is 24.7 Å². The van der Waals surface area contributed by atoms with Gasteiger partial charge in [0.2, 0.25) is 5.91 Å². The van der Waals surface area contributed by atoms with Gasteiger partial charge in [-0.25, -0.2) is 4.39 Å². The molecule has 0 aliphatic heterocycles. The Balaban J connectivity index is 1.48. The van der Waals surface area contributed by atoms with Crippen molar-refractivity contribution in [3.05, 3.63) is 77.9 Å². The molecule has 4 rings (SSSR count). The van der Waals surface area contributed by atoms with Gasteiger partial charge < -0.3 is 10.1 Å². The summed E-state index contributed by atoms with van der Waals surface area (Å²) in [4.78, 5) is 12.2. The highest BCUT2D eigenvalue weighted by Crippen LogP contribution is 2.20. The van der Waals surface area contributed by atoms with Crippen LogP contribution in [0.3, 0.4) is 0 Å². The molecule has 146 valence electrons. The van der Waals surface area contributed by atoms with Gasteiger partial charge in [0.15, 0.2) is 11.5 Å². The molecule has 0 fully saturated rings. The van der Waals surface area contributed by atoms with Crippen LogP contribution in [0.4, 0.5) is 4.39 Å². The van der Waals surface area contributed by atoms with Gasteiger partial charge in [-0.2, -0.15) is 9.61 Å². The number of rotatable bonds is 6. The minimum absolute atomic E-state index is 0.154. The summed E-state index contributed by atoms with van der Waals surface area (Å²) in [5.41, 5.74) is 2.99. The second-order valence-corrected chi connectivity index (χ2v) is 6.41. The van der Waals surface area contributed by atoms with Crippen molar-refractivity contribution in [2.75, 3.05) is 7.11 Å². The molecule has 4 aromatic rings. The second kappa shape index (κ2) is 8.05. The van der Waals surface area contributed by atoms with E-state index in [1.807, 2.05) is 36.4 Å². The maximum Gasteiger partial charge on any atom is 0.224 e. The van der Waals surface area contributed by atoms with Gasteiger partial charge in [-0.1, -0.05) is 12.1 Å². The van der Waals surface area contributed by atoms with Gasteiger partial charge in [0, 0.05) is 5.56 Å². The number of halogens is 1. The van der Waals surface area contributed by atoms with E-state index in [4.69, 9.17) is 4.74 Å². The van der Waals surface area contributed by atoms with Crippen molar-refractivity contribution in [2.24, 2.45) is 0 Å². The van der Waals surface area contributed by atoms with E-state index < -0.39 is 0 Å². The Hall–Kier alpha value is -3.81. The summed E-state index contributed by atoms with van der Waals surface area (Å²) < 4.78 is 19.8. The summed E-state index contributed by atoms with van der Waals surface area (Å²) in [6.45, 7) is 0.181. The normalized spacial score (nSPS) is 10.8. The first-order valence-corrected chi connectivity index (χ1v) is 8.99. The van der Waals surface area contributed by atoms with E-state index in [2.05, 4.69) is 20.6 Å². The standard InChI is InChI=1S/C21H18FN5O2/c1-29-17-8-4-15(5-9-17)18-10-11-19-24-25-20(27(19)26-18)13-23-21(28)12-14-2-6-16(22)7-3-14/h2-11H,12-13H2,1H3,(H,23,28). The van der Waals surface area contributed by atoms with Gasteiger partial charge in [-0.05, 0) is 54.1 Å². The average molecular weight is 391 g/mol. The number of benzene rings is 2. The highest BCUT2D eigenvalue weighted by Gasteiger charge is 2.11. The van der Waals surface area contributed by atoms with Crippen molar-refractivity contribution in [3.8, 4) is 17.0 Å². The number of nitrogens with zero attached hydrogens (tertiary/aromatic N) is 4. The van der Waals surface area contributed by atoms with Crippen LogP contribution < -0.4 is 10.1 Å². The number of methoxy groups -OCH3 is 1. The van der Waals surface area contributed by atoms with E-state index in [0.717, 1.165) is 22.6 Å². The number of ether oxygens (including phenoxy) is 1. The van der Waals surface area contributed by atoms with Gasteiger partial charge in [0.05, 0.1) is 25.8 Å².